The molecule has 0 spiro atoms. The van der Waals surface area contributed by atoms with Gasteiger partial charge in [-0.25, -0.2) is 21.9 Å². The minimum Gasteiger partial charge on any atom is -0.481 e. The molecule has 3 N–H and O–H groups in total. The second-order valence-corrected chi connectivity index (χ2v) is 6.20. The topological polar surface area (TPSA) is 104 Å². The first kappa shape index (κ1) is 16.5. The molecule has 1 aromatic carbocycles. The van der Waals surface area contributed by atoms with Crippen molar-refractivity contribution in [3.05, 3.63) is 29.8 Å². The molecule has 0 heterocycles. The smallest absolute Gasteiger partial charge is 0.306 e. The minimum absolute atomic E-state index is 0.490. The van der Waals surface area contributed by atoms with Crippen molar-refractivity contribution in [2.45, 2.75) is 23.8 Å². The number of rotatable bonds is 6. The highest BCUT2D eigenvalue weighted by molar-refractivity contribution is 7.89. The van der Waals surface area contributed by atoms with Crippen molar-refractivity contribution < 1.29 is 32.2 Å². The number of carbonyl (C=O) groups is 1. The fraction of sp³-hybridized carbons (Fsp3) is 0.364. The van der Waals surface area contributed by atoms with E-state index in [9.17, 15) is 27.1 Å². The van der Waals surface area contributed by atoms with E-state index in [4.69, 9.17) is 5.11 Å². The SMILES string of the molecule is CC(O)(CNS(=O)(=O)c1cc(F)ccc1F)CC(=O)O. The maximum Gasteiger partial charge on any atom is 0.306 e. The van der Waals surface area contributed by atoms with Gasteiger partial charge in [0.2, 0.25) is 10.0 Å². The van der Waals surface area contributed by atoms with E-state index in [1.165, 1.54) is 0 Å². The van der Waals surface area contributed by atoms with Gasteiger partial charge in [0, 0.05) is 6.54 Å². The predicted octanol–water partition coefficient (Wildman–Crippen LogP) is 0.469. The van der Waals surface area contributed by atoms with E-state index in [0.29, 0.717) is 12.1 Å². The number of halogens is 2. The van der Waals surface area contributed by atoms with Crippen molar-refractivity contribution in [1.29, 1.82) is 0 Å². The number of hydrogen-bond acceptors (Lipinski definition) is 4. The van der Waals surface area contributed by atoms with Crippen molar-refractivity contribution in [2.75, 3.05) is 6.54 Å². The highest BCUT2D eigenvalue weighted by Crippen LogP contribution is 2.16. The molecule has 20 heavy (non-hydrogen) atoms. The first-order chi connectivity index (χ1) is 9.03. The van der Waals surface area contributed by atoms with Gasteiger partial charge in [0.15, 0.2) is 0 Å². The summed E-state index contributed by atoms with van der Waals surface area (Å²) >= 11 is 0. The van der Waals surface area contributed by atoms with E-state index in [0.717, 1.165) is 13.0 Å². The number of aliphatic hydroxyl groups is 1. The molecular weight excluding hydrogens is 296 g/mol. The zero-order valence-electron chi connectivity index (χ0n) is 10.4. The molecule has 1 rings (SSSR count). The van der Waals surface area contributed by atoms with Crippen LogP contribution in [0.1, 0.15) is 13.3 Å². The van der Waals surface area contributed by atoms with Crippen LogP contribution in [0.4, 0.5) is 8.78 Å². The van der Waals surface area contributed by atoms with Gasteiger partial charge in [0.05, 0.1) is 12.0 Å². The average Bonchev–Trinajstić information content (AvgIpc) is 2.28. The number of nitrogens with one attached hydrogen (secondary N) is 1. The van der Waals surface area contributed by atoms with Gasteiger partial charge >= 0.3 is 5.97 Å². The van der Waals surface area contributed by atoms with E-state index in [1.807, 2.05) is 4.72 Å². The van der Waals surface area contributed by atoms with Gasteiger partial charge in [0.1, 0.15) is 16.5 Å². The van der Waals surface area contributed by atoms with Gasteiger partial charge in [-0.3, -0.25) is 4.79 Å². The van der Waals surface area contributed by atoms with Crippen LogP contribution in [-0.4, -0.2) is 36.7 Å². The summed E-state index contributed by atoms with van der Waals surface area (Å²) in [4.78, 5) is 9.55. The quantitative estimate of drug-likeness (QED) is 0.708. The van der Waals surface area contributed by atoms with Crippen LogP contribution >= 0.6 is 0 Å². The summed E-state index contributed by atoms with van der Waals surface area (Å²) in [5.74, 6) is -3.42. The Morgan fingerprint density at radius 1 is 1.40 bits per heavy atom. The number of carboxylic acids is 1. The van der Waals surface area contributed by atoms with Crippen molar-refractivity contribution in [1.82, 2.24) is 4.72 Å². The summed E-state index contributed by atoms with van der Waals surface area (Å²) in [5, 5.41) is 18.2. The average molecular weight is 309 g/mol. The number of sulfonamides is 1. The number of benzene rings is 1. The normalized spacial score (nSPS) is 14.8. The van der Waals surface area contributed by atoms with Crippen LogP contribution in [0.3, 0.4) is 0 Å². The lowest BCUT2D eigenvalue weighted by Gasteiger charge is -2.21. The summed E-state index contributed by atoms with van der Waals surface area (Å²) in [6.45, 7) is 0.448. The van der Waals surface area contributed by atoms with Gasteiger partial charge < -0.3 is 10.2 Å². The molecule has 1 unspecified atom stereocenters. The third-order valence-corrected chi connectivity index (χ3v) is 3.77. The van der Waals surface area contributed by atoms with Crippen molar-refractivity contribution in [3.63, 3.8) is 0 Å². The third kappa shape index (κ3) is 4.51. The molecule has 0 aliphatic rings. The molecule has 0 saturated heterocycles. The van der Waals surface area contributed by atoms with Gasteiger partial charge in [-0.1, -0.05) is 0 Å². The molecule has 0 bridgehead atoms. The molecule has 112 valence electrons. The Morgan fingerprint density at radius 2 is 2.00 bits per heavy atom. The standard InChI is InChI=1S/C11H13F2NO5S/c1-11(17,5-10(15)16)6-14-20(18,19)9-4-7(12)2-3-8(9)13/h2-4,14,17H,5-6H2,1H3,(H,15,16). The van der Waals surface area contributed by atoms with Crippen LogP contribution in [0.5, 0.6) is 0 Å². The summed E-state index contributed by atoms with van der Waals surface area (Å²) in [7, 11) is -4.40. The Morgan fingerprint density at radius 3 is 2.55 bits per heavy atom. The fourth-order valence-corrected chi connectivity index (χ4v) is 2.65. The molecule has 0 amide bonds. The third-order valence-electron chi connectivity index (χ3n) is 2.36. The molecule has 0 aromatic heterocycles. The molecule has 0 aliphatic carbocycles. The Hall–Kier alpha value is -1.58. The fourth-order valence-electron chi connectivity index (χ4n) is 1.40. The Kier molecular flexibility index (Phi) is 4.79. The highest BCUT2D eigenvalue weighted by atomic mass is 32.2. The van der Waals surface area contributed by atoms with Gasteiger partial charge in [-0.15, -0.1) is 0 Å². The molecule has 6 nitrogen and oxygen atoms in total. The Balaban J connectivity index is 2.91. The predicted molar refractivity (Wildman–Crippen MR) is 64.4 cm³/mol. The van der Waals surface area contributed by atoms with Gasteiger partial charge in [-0.05, 0) is 25.1 Å². The zero-order chi connectivity index (χ0) is 15.6. The van der Waals surface area contributed by atoms with Gasteiger partial charge in [-0.2, -0.15) is 0 Å². The zero-order valence-corrected chi connectivity index (χ0v) is 11.2. The second kappa shape index (κ2) is 5.81. The lowest BCUT2D eigenvalue weighted by atomic mass is 10.0. The lowest BCUT2D eigenvalue weighted by Crippen LogP contribution is -2.42. The molecule has 1 atom stereocenters. The van der Waals surface area contributed by atoms with E-state index < -0.39 is 51.1 Å². The number of aliphatic carboxylic acids is 1. The maximum absolute atomic E-state index is 13.4. The Labute approximate surface area is 114 Å². The number of hydrogen-bond donors (Lipinski definition) is 3. The van der Waals surface area contributed by atoms with E-state index in [2.05, 4.69) is 0 Å². The molecule has 0 radical (unpaired) electrons. The summed E-state index contributed by atoms with van der Waals surface area (Å²) in [6.07, 6.45) is -0.707. The Bertz CT molecular complexity index is 615. The summed E-state index contributed by atoms with van der Waals surface area (Å²) < 4.78 is 51.7. The van der Waals surface area contributed by atoms with Crippen molar-refractivity contribution in [3.8, 4) is 0 Å². The van der Waals surface area contributed by atoms with Crippen LogP contribution < -0.4 is 4.72 Å². The lowest BCUT2D eigenvalue weighted by molar-refractivity contribution is -0.141. The molecule has 1 aromatic rings. The highest BCUT2D eigenvalue weighted by Gasteiger charge is 2.28. The van der Waals surface area contributed by atoms with Crippen molar-refractivity contribution in [2.24, 2.45) is 0 Å². The first-order valence-electron chi connectivity index (χ1n) is 5.42. The van der Waals surface area contributed by atoms with E-state index in [1.54, 1.807) is 0 Å². The van der Waals surface area contributed by atoms with E-state index >= 15 is 0 Å². The van der Waals surface area contributed by atoms with Gasteiger partial charge in [0.25, 0.3) is 0 Å². The largest absolute Gasteiger partial charge is 0.481 e. The first-order valence-corrected chi connectivity index (χ1v) is 6.91. The molecule has 0 saturated carbocycles. The van der Waals surface area contributed by atoms with Crippen LogP contribution in [0.25, 0.3) is 0 Å². The monoisotopic (exact) mass is 309 g/mol. The molecule has 0 fully saturated rings. The molecular formula is C11H13F2NO5S. The summed E-state index contributed by atoms with van der Waals surface area (Å²) in [5.41, 5.74) is -1.86. The van der Waals surface area contributed by atoms with E-state index in [-0.39, 0.29) is 0 Å². The molecule has 9 heteroatoms. The second-order valence-electron chi connectivity index (χ2n) is 4.47. The van der Waals surface area contributed by atoms with Crippen LogP contribution in [-0.2, 0) is 14.8 Å². The minimum atomic E-state index is -4.40. The van der Waals surface area contributed by atoms with Crippen LogP contribution in [0.2, 0.25) is 0 Å². The van der Waals surface area contributed by atoms with Crippen LogP contribution in [0, 0.1) is 11.6 Å². The van der Waals surface area contributed by atoms with Crippen molar-refractivity contribution >= 4 is 16.0 Å². The summed E-state index contributed by atoms with van der Waals surface area (Å²) in [6, 6.07) is 1.90. The molecule has 0 aliphatic heterocycles. The maximum atomic E-state index is 13.4. The number of carboxylic acid groups (broad SMARTS) is 1. The van der Waals surface area contributed by atoms with Crippen LogP contribution in [0.15, 0.2) is 23.1 Å².